The summed E-state index contributed by atoms with van der Waals surface area (Å²) in [5, 5.41) is 8.63. The first kappa shape index (κ1) is 11.5. The Labute approximate surface area is 88.9 Å². The van der Waals surface area contributed by atoms with Crippen molar-refractivity contribution >= 4 is 11.7 Å². The van der Waals surface area contributed by atoms with E-state index in [9.17, 15) is 4.79 Å². The van der Waals surface area contributed by atoms with Crippen molar-refractivity contribution in [2.45, 2.75) is 26.3 Å². The van der Waals surface area contributed by atoms with Crippen LogP contribution < -0.4 is 11.5 Å². The zero-order chi connectivity index (χ0) is 11.6. The van der Waals surface area contributed by atoms with Crippen LogP contribution in [0.1, 0.15) is 29.2 Å². The quantitative estimate of drug-likeness (QED) is 0.654. The Kier molecular flexibility index (Phi) is 3.31. The van der Waals surface area contributed by atoms with Gasteiger partial charge in [0.2, 0.25) is 0 Å². The third kappa shape index (κ3) is 2.70. The molecule has 0 fully saturated rings. The summed E-state index contributed by atoms with van der Waals surface area (Å²) in [7, 11) is 0. The standard InChI is InChI=1S/C11H16N2O2/c1-6-3-8(4-7(2)11(6)13)9(12)5-10(14)15/h3-4,9H,5,12-13H2,1-2H3,(H,14,15). The molecule has 0 amide bonds. The third-order valence-corrected chi connectivity index (χ3v) is 2.44. The zero-order valence-corrected chi connectivity index (χ0v) is 8.95. The molecule has 0 aliphatic rings. The van der Waals surface area contributed by atoms with Crippen LogP contribution in [0.25, 0.3) is 0 Å². The van der Waals surface area contributed by atoms with Crippen LogP contribution in [-0.4, -0.2) is 11.1 Å². The smallest absolute Gasteiger partial charge is 0.305 e. The molecule has 1 aromatic rings. The van der Waals surface area contributed by atoms with Crippen LogP contribution in [0, 0.1) is 13.8 Å². The molecule has 0 radical (unpaired) electrons. The summed E-state index contributed by atoms with van der Waals surface area (Å²) in [6.45, 7) is 3.78. The van der Waals surface area contributed by atoms with E-state index < -0.39 is 12.0 Å². The number of hydrogen-bond acceptors (Lipinski definition) is 3. The van der Waals surface area contributed by atoms with Crippen molar-refractivity contribution in [3.05, 3.63) is 28.8 Å². The van der Waals surface area contributed by atoms with Crippen LogP contribution in [0.3, 0.4) is 0 Å². The third-order valence-electron chi connectivity index (χ3n) is 2.44. The maximum absolute atomic E-state index is 10.5. The number of aryl methyl sites for hydroxylation is 2. The van der Waals surface area contributed by atoms with Gasteiger partial charge >= 0.3 is 5.97 Å². The van der Waals surface area contributed by atoms with Gasteiger partial charge in [0.25, 0.3) is 0 Å². The number of carboxylic acids is 1. The number of anilines is 1. The highest BCUT2D eigenvalue weighted by molar-refractivity contribution is 5.68. The molecule has 15 heavy (non-hydrogen) atoms. The van der Waals surface area contributed by atoms with E-state index in [1.807, 2.05) is 26.0 Å². The molecule has 0 aliphatic heterocycles. The SMILES string of the molecule is Cc1cc(C(N)CC(=O)O)cc(C)c1N. The summed E-state index contributed by atoms with van der Waals surface area (Å²) in [4.78, 5) is 10.5. The molecule has 5 N–H and O–H groups in total. The van der Waals surface area contributed by atoms with E-state index in [2.05, 4.69) is 0 Å². The molecule has 1 aromatic carbocycles. The molecule has 0 spiro atoms. The van der Waals surface area contributed by atoms with E-state index in [1.165, 1.54) is 0 Å². The van der Waals surface area contributed by atoms with Crippen molar-refractivity contribution in [1.29, 1.82) is 0 Å². The van der Waals surface area contributed by atoms with E-state index >= 15 is 0 Å². The molecule has 1 rings (SSSR count). The topological polar surface area (TPSA) is 89.3 Å². The largest absolute Gasteiger partial charge is 0.481 e. The van der Waals surface area contributed by atoms with Gasteiger partial charge in [-0.15, -0.1) is 0 Å². The van der Waals surface area contributed by atoms with Crippen molar-refractivity contribution in [2.75, 3.05) is 5.73 Å². The predicted molar refractivity (Wildman–Crippen MR) is 59.5 cm³/mol. The average molecular weight is 208 g/mol. The highest BCUT2D eigenvalue weighted by Gasteiger charge is 2.12. The summed E-state index contributed by atoms with van der Waals surface area (Å²) in [5.74, 6) is -0.894. The lowest BCUT2D eigenvalue weighted by Crippen LogP contribution is -2.15. The Morgan fingerprint density at radius 2 is 1.87 bits per heavy atom. The second kappa shape index (κ2) is 4.31. The van der Waals surface area contributed by atoms with Gasteiger partial charge in [0.1, 0.15) is 0 Å². The lowest BCUT2D eigenvalue weighted by Gasteiger charge is -2.13. The molecule has 0 saturated carbocycles. The van der Waals surface area contributed by atoms with Crippen molar-refractivity contribution in [1.82, 2.24) is 0 Å². The van der Waals surface area contributed by atoms with Gasteiger partial charge in [0.15, 0.2) is 0 Å². The van der Waals surface area contributed by atoms with Gasteiger partial charge in [0, 0.05) is 11.7 Å². The predicted octanol–water partition coefficient (Wildman–Crippen LogP) is 1.36. The summed E-state index contributed by atoms with van der Waals surface area (Å²) < 4.78 is 0. The van der Waals surface area contributed by atoms with Gasteiger partial charge in [-0.2, -0.15) is 0 Å². The number of carboxylic acid groups (broad SMARTS) is 1. The molecule has 0 aliphatic carbocycles. The first-order valence-electron chi connectivity index (χ1n) is 4.75. The Balaban J connectivity index is 3.00. The fraction of sp³-hybridized carbons (Fsp3) is 0.364. The van der Waals surface area contributed by atoms with Crippen molar-refractivity contribution in [3.8, 4) is 0 Å². The molecular weight excluding hydrogens is 192 g/mol. The summed E-state index contributed by atoms with van der Waals surface area (Å²) >= 11 is 0. The molecule has 0 heterocycles. The second-order valence-electron chi connectivity index (χ2n) is 3.77. The van der Waals surface area contributed by atoms with Gasteiger partial charge in [-0.3, -0.25) is 4.79 Å². The summed E-state index contributed by atoms with van der Waals surface area (Å²) in [6.07, 6.45) is -0.0667. The zero-order valence-electron chi connectivity index (χ0n) is 8.95. The second-order valence-corrected chi connectivity index (χ2v) is 3.77. The molecule has 4 nitrogen and oxygen atoms in total. The fourth-order valence-corrected chi connectivity index (χ4v) is 1.53. The minimum absolute atomic E-state index is 0.0667. The minimum atomic E-state index is -0.894. The van der Waals surface area contributed by atoms with E-state index in [0.717, 1.165) is 22.4 Å². The van der Waals surface area contributed by atoms with Crippen LogP contribution >= 0.6 is 0 Å². The van der Waals surface area contributed by atoms with Crippen LogP contribution in [0.2, 0.25) is 0 Å². The number of aliphatic carboxylic acids is 1. The lowest BCUT2D eigenvalue weighted by atomic mass is 9.98. The molecule has 82 valence electrons. The number of nitrogen functional groups attached to an aromatic ring is 1. The van der Waals surface area contributed by atoms with Crippen molar-refractivity contribution in [3.63, 3.8) is 0 Å². The minimum Gasteiger partial charge on any atom is -0.481 e. The van der Waals surface area contributed by atoms with Gasteiger partial charge in [-0.1, -0.05) is 12.1 Å². The molecular formula is C11H16N2O2. The first-order chi connectivity index (χ1) is 6.91. The molecule has 1 unspecified atom stereocenters. The first-order valence-corrected chi connectivity index (χ1v) is 4.75. The Bertz CT molecular complexity index is 365. The van der Waals surface area contributed by atoms with Crippen LogP contribution in [-0.2, 0) is 4.79 Å². The van der Waals surface area contributed by atoms with E-state index in [4.69, 9.17) is 16.6 Å². The lowest BCUT2D eigenvalue weighted by molar-refractivity contribution is -0.137. The highest BCUT2D eigenvalue weighted by Crippen LogP contribution is 2.23. The summed E-state index contributed by atoms with van der Waals surface area (Å²) in [5.41, 5.74) is 15.0. The van der Waals surface area contributed by atoms with E-state index in [1.54, 1.807) is 0 Å². The van der Waals surface area contributed by atoms with Gasteiger partial charge < -0.3 is 16.6 Å². The maximum atomic E-state index is 10.5. The number of carbonyl (C=O) groups is 1. The molecule has 1 atom stereocenters. The number of rotatable bonds is 3. The molecule has 0 bridgehead atoms. The molecule has 0 saturated heterocycles. The van der Waals surface area contributed by atoms with E-state index in [0.29, 0.717) is 0 Å². The maximum Gasteiger partial charge on any atom is 0.305 e. The Morgan fingerprint density at radius 1 is 1.40 bits per heavy atom. The van der Waals surface area contributed by atoms with Gasteiger partial charge in [-0.05, 0) is 30.5 Å². The van der Waals surface area contributed by atoms with Gasteiger partial charge in [-0.25, -0.2) is 0 Å². The van der Waals surface area contributed by atoms with Gasteiger partial charge in [0.05, 0.1) is 6.42 Å². The number of benzene rings is 1. The van der Waals surface area contributed by atoms with Crippen LogP contribution in [0.5, 0.6) is 0 Å². The Hall–Kier alpha value is -1.55. The average Bonchev–Trinajstić information content (AvgIpc) is 2.12. The van der Waals surface area contributed by atoms with Crippen molar-refractivity contribution in [2.24, 2.45) is 5.73 Å². The number of nitrogens with two attached hydrogens (primary N) is 2. The highest BCUT2D eigenvalue weighted by atomic mass is 16.4. The molecule has 4 heteroatoms. The monoisotopic (exact) mass is 208 g/mol. The van der Waals surface area contributed by atoms with Crippen molar-refractivity contribution < 1.29 is 9.90 Å². The van der Waals surface area contributed by atoms with E-state index in [-0.39, 0.29) is 6.42 Å². The number of hydrogen-bond donors (Lipinski definition) is 3. The summed E-state index contributed by atoms with van der Waals surface area (Å²) in [6, 6.07) is 3.21. The normalized spacial score (nSPS) is 12.5. The fourth-order valence-electron chi connectivity index (χ4n) is 1.53. The van der Waals surface area contributed by atoms with Crippen LogP contribution in [0.15, 0.2) is 12.1 Å². The Morgan fingerprint density at radius 3 is 2.27 bits per heavy atom. The van der Waals surface area contributed by atoms with Crippen LogP contribution in [0.4, 0.5) is 5.69 Å². The molecule has 0 aromatic heterocycles.